The number of carbonyl (C=O) groups is 1. The molecule has 166 valence electrons. The average Bonchev–Trinajstić information content (AvgIpc) is 3.53. The second-order valence-electron chi connectivity index (χ2n) is 7.93. The molecular formula is C22H23N5O3S2. The summed E-state index contributed by atoms with van der Waals surface area (Å²) in [5, 5.41) is 11.1. The highest BCUT2D eigenvalue weighted by Gasteiger charge is 2.21. The number of nitrogens with zero attached hydrogens (tertiary/aromatic N) is 4. The van der Waals surface area contributed by atoms with Gasteiger partial charge in [0.2, 0.25) is 5.91 Å². The first kappa shape index (κ1) is 21.0. The number of hydrogen-bond acceptors (Lipinski definition) is 8. The number of aromatic nitrogens is 3. The normalized spacial score (nSPS) is 14.8. The lowest BCUT2D eigenvalue weighted by molar-refractivity contribution is -0.116. The van der Waals surface area contributed by atoms with Gasteiger partial charge in [0.05, 0.1) is 11.9 Å². The molecule has 1 aliphatic rings. The molecule has 5 heterocycles. The van der Waals surface area contributed by atoms with E-state index in [0.717, 1.165) is 36.4 Å². The topological polar surface area (TPSA) is 93.3 Å². The molecule has 4 aromatic rings. The zero-order chi connectivity index (χ0) is 22.1. The molecule has 0 bridgehead atoms. The van der Waals surface area contributed by atoms with Gasteiger partial charge in [-0.1, -0.05) is 17.6 Å². The van der Waals surface area contributed by atoms with E-state index in [1.165, 1.54) is 22.3 Å². The van der Waals surface area contributed by atoms with Crippen molar-refractivity contribution in [1.29, 1.82) is 0 Å². The van der Waals surface area contributed by atoms with E-state index in [9.17, 15) is 9.59 Å². The quantitative estimate of drug-likeness (QED) is 0.457. The highest BCUT2D eigenvalue weighted by molar-refractivity contribution is 7.18. The SMILES string of the molecule is Cc1cc(NC(=O)Cn2c(CN3CCCCC3)nc3scc(-c4cccs4)c3c2=O)no1. The van der Waals surface area contributed by atoms with Gasteiger partial charge >= 0.3 is 0 Å². The number of anilines is 1. The molecule has 10 heteroatoms. The molecule has 0 atom stereocenters. The maximum absolute atomic E-state index is 13.7. The Hall–Kier alpha value is -2.82. The minimum atomic E-state index is -0.339. The van der Waals surface area contributed by atoms with Gasteiger partial charge in [0.25, 0.3) is 5.56 Å². The Bertz CT molecular complexity index is 1300. The summed E-state index contributed by atoms with van der Waals surface area (Å²) in [5.74, 6) is 1.22. The third kappa shape index (κ3) is 4.25. The summed E-state index contributed by atoms with van der Waals surface area (Å²) in [6.45, 7) is 4.13. The fourth-order valence-corrected chi connectivity index (χ4v) is 5.80. The molecule has 1 N–H and O–H groups in total. The predicted octanol–water partition coefficient (Wildman–Crippen LogP) is 4.11. The lowest BCUT2D eigenvalue weighted by Crippen LogP contribution is -2.36. The minimum Gasteiger partial charge on any atom is -0.360 e. The van der Waals surface area contributed by atoms with Crippen molar-refractivity contribution in [3.63, 3.8) is 0 Å². The molecule has 8 nitrogen and oxygen atoms in total. The van der Waals surface area contributed by atoms with Gasteiger partial charge in [-0.15, -0.1) is 22.7 Å². The van der Waals surface area contributed by atoms with Crippen LogP contribution in [0.2, 0.25) is 0 Å². The van der Waals surface area contributed by atoms with Gasteiger partial charge in [0.1, 0.15) is 23.0 Å². The van der Waals surface area contributed by atoms with E-state index >= 15 is 0 Å². The predicted molar refractivity (Wildman–Crippen MR) is 126 cm³/mol. The first-order valence-electron chi connectivity index (χ1n) is 10.6. The van der Waals surface area contributed by atoms with Crippen molar-refractivity contribution in [2.24, 2.45) is 0 Å². The lowest BCUT2D eigenvalue weighted by atomic mass is 10.1. The van der Waals surface area contributed by atoms with E-state index in [4.69, 9.17) is 9.51 Å². The van der Waals surface area contributed by atoms with E-state index < -0.39 is 0 Å². The number of nitrogens with one attached hydrogen (secondary N) is 1. The molecule has 0 aromatic carbocycles. The Morgan fingerprint density at radius 2 is 2.09 bits per heavy atom. The maximum Gasteiger partial charge on any atom is 0.263 e. The van der Waals surface area contributed by atoms with Gasteiger partial charge < -0.3 is 9.84 Å². The summed E-state index contributed by atoms with van der Waals surface area (Å²) in [6.07, 6.45) is 3.50. The number of carbonyl (C=O) groups excluding carboxylic acids is 1. The van der Waals surface area contributed by atoms with Gasteiger partial charge in [-0.05, 0) is 44.3 Å². The molecule has 0 aliphatic carbocycles. The minimum absolute atomic E-state index is 0.128. The van der Waals surface area contributed by atoms with Crippen molar-refractivity contribution in [3.8, 4) is 10.4 Å². The summed E-state index contributed by atoms with van der Waals surface area (Å²) < 4.78 is 6.54. The van der Waals surface area contributed by atoms with Crippen LogP contribution < -0.4 is 10.9 Å². The van der Waals surface area contributed by atoms with E-state index in [1.54, 1.807) is 24.3 Å². The molecule has 1 aliphatic heterocycles. The third-order valence-corrected chi connectivity index (χ3v) is 7.35. The second kappa shape index (κ2) is 8.97. The fourth-order valence-electron chi connectivity index (χ4n) is 4.03. The van der Waals surface area contributed by atoms with Crippen LogP contribution in [0.5, 0.6) is 0 Å². The van der Waals surface area contributed by atoms with Crippen LogP contribution in [0.25, 0.3) is 20.7 Å². The van der Waals surface area contributed by atoms with E-state index in [-0.39, 0.29) is 18.0 Å². The second-order valence-corrected chi connectivity index (χ2v) is 9.74. The van der Waals surface area contributed by atoms with Crippen LogP contribution in [0.15, 0.2) is 38.3 Å². The van der Waals surface area contributed by atoms with Crippen LogP contribution in [0.3, 0.4) is 0 Å². The Morgan fingerprint density at radius 3 is 2.81 bits per heavy atom. The van der Waals surface area contributed by atoms with Crippen molar-refractivity contribution in [3.05, 3.63) is 50.9 Å². The van der Waals surface area contributed by atoms with Crippen LogP contribution in [0.4, 0.5) is 5.82 Å². The number of amides is 1. The summed E-state index contributed by atoms with van der Waals surface area (Å²) in [6, 6.07) is 5.61. The van der Waals surface area contributed by atoms with Crippen LogP contribution >= 0.6 is 22.7 Å². The Balaban J connectivity index is 1.54. The number of hydrogen-bond donors (Lipinski definition) is 1. The van der Waals surface area contributed by atoms with Crippen LogP contribution in [-0.2, 0) is 17.9 Å². The number of rotatable bonds is 6. The first-order chi connectivity index (χ1) is 15.6. The van der Waals surface area contributed by atoms with Crippen molar-refractivity contribution < 1.29 is 9.32 Å². The van der Waals surface area contributed by atoms with Crippen molar-refractivity contribution in [1.82, 2.24) is 19.6 Å². The van der Waals surface area contributed by atoms with Crippen LogP contribution in [0, 0.1) is 6.92 Å². The molecule has 1 amide bonds. The number of fused-ring (bicyclic) bond motifs is 1. The highest BCUT2D eigenvalue weighted by Crippen LogP contribution is 2.34. The summed E-state index contributed by atoms with van der Waals surface area (Å²) in [4.78, 5) is 35.3. The van der Waals surface area contributed by atoms with Gasteiger partial charge in [0.15, 0.2) is 5.82 Å². The summed E-state index contributed by atoms with van der Waals surface area (Å²) in [5.41, 5.74) is 0.696. The van der Waals surface area contributed by atoms with Gasteiger partial charge in [-0.3, -0.25) is 19.1 Å². The Labute approximate surface area is 192 Å². The van der Waals surface area contributed by atoms with Crippen molar-refractivity contribution in [2.75, 3.05) is 18.4 Å². The highest BCUT2D eigenvalue weighted by atomic mass is 32.1. The zero-order valence-electron chi connectivity index (χ0n) is 17.7. The van der Waals surface area contributed by atoms with Gasteiger partial charge in [0, 0.05) is 21.9 Å². The number of aryl methyl sites for hydroxylation is 1. The van der Waals surface area contributed by atoms with E-state index in [2.05, 4.69) is 15.4 Å². The summed E-state index contributed by atoms with van der Waals surface area (Å²) >= 11 is 3.06. The van der Waals surface area contributed by atoms with Crippen LogP contribution in [-0.4, -0.2) is 38.6 Å². The van der Waals surface area contributed by atoms with Crippen molar-refractivity contribution >= 4 is 44.6 Å². The molecule has 0 radical (unpaired) electrons. The van der Waals surface area contributed by atoms with Crippen LogP contribution in [0.1, 0.15) is 30.8 Å². The molecule has 0 spiro atoms. The van der Waals surface area contributed by atoms with E-state index in [0.29, 0.717) is 34.2 Å². The van der Waals surface area contributed by atoms with Gasteiger partial charge in [-0.2, -0.15) is 0 Å². The standard InChI is InChI=1S/C22H23N5O3S2/c1-14-10-17(25-30-14)23-19(28)12-27-18(11-26-7-3-2-4-8-26)24-21-20(22(27)29)15(13-32-21)16-6-5-9-31-16/h5-6,9-10,13H,2-4,7-8,11-12H2,1H3,(H,23,25,28). The molecule has 32 heavy (non-hydrogen) atoms. The molecule has 0 saturated carbocycles. The van der Waals surface area contributed by atoms with Gasteiger partial charge in [-0.25, -0.2) is 4.98 Å². The molecule has 0 unspecified atom stereocenters. The molecule has 4 aromatic heterocycles. The first-order valence-corrected chi connectivity index (χ1v) is 12.3. The number of likely N-dealkylation sites (tertiary alicyclic amines) is 1. The molecular weight excluding hydrogens is 446 g/mol. The monoisotopic (exact) mass is 469 g/mol. The Kier molecular flexibility index (Phi) is 5.90. The fraction of sp³-hybridized carbons (Fsp3) is 0.364. The molecule has 5 rings (SSSR count). The number of thiophene rings is 2. The average molecular weight is 470 g/mol. The largest absolute Gasteiger partial charge is 0.360 e. The lowest BCUT2D eigenvalue weighted by Gasteiger charge is -2.27. The maximum atomic E-state index is 13.7. The van der Waals surface area contributed by atoms with E-state index in [1.807, 2.05) is 22.9 Å². The molecule has 1 fully saturated rings. The summed E-state index contributed by atoms with van der Waals surface area (Å²) in [7, 11) is 0. The van der Waals surface area contributed by atoms with Crippen molar-refractivity contribution in [2.45, 2.75) is 39.3 Å². The smallest absolute Gasteiger partial charge is 0.263 e. The Morgan fingerprint density at radius 1 is 1.25 bits per heavy atom. The number of piperidine rings is 1. The zero-order valence-corrected chi connectivity index (χ0v) is 19.3. The molecule has 1 saturated heterocycles. The third-order valence-electron chi connectivity index (χ3n) is 5.57.